The molecule has 0 aromatic heterocycles. The van der Waals surface area contributed by atoms with Gasteiger partial charge in [-0.05, 0) is 62.9 Å². The van der Waals surface area contributed by atoms with Gasteiger partial charge in [0, 0.05) is 20.1 Å². The maximum absolute atomic E-state index is 5.76. The van der Waals surface area contributed by atoms with E-state index in [1.165, 1.54) is 24.9 Å². The van der Waals surface area contributed by atoms with Gasteiger partial charge in [-0.25, -0.2) is 0 Å². The standard InChI is InChI=1S/C21H36N4O/c1-16(2)15-26-20-10-8-19(9-11-20)17(3)24-21(22-4)23-13-18-7-6-12-25(5)14-18/h8-11,16-18H,6-7,12-15H2,1-5H3,(H2,22,23,24). The second-order valence-corrected chi connectivity index (χ2v) is 7.86. The van der Waals surface area contributed by atoms with Gasteiger partial charge in [0.25, 0.3) is 0 Å². The summed E-state index contributed by atoms with van der Waals surface area (Å²) in [6.45, 7) is 10.6. The Bertz CT molecular complexity index is 556. The number of piperidine rings is 1. The lowest BCUT2D eigenvalue weighted by molar-refractivity contribution is 0.210. The first-order chi connectivity index (χ1) is 12.5. The molecule has 5 nitrogen and oxygen atoms in total. The van der Waals surface area contributed by atoms with E-state index in [-0.39, 0.29) is 6.04 Å². The van der Waals surface area contributed by atoms with Crippen molar-refractivity contribution in [3.8, 4) is 5.75 Å². The van der Waals surface area contributed by atoms with Gasteiger partial charge in [0.05, 0.1) is 12.6 Å². The van der Waals surface area contributed by atoms with Crippen LogP contribution in [0.3, 0.4) is 0 Å². The van der Waals surface area contributed by atoms with Crippen LogP contribution in [0.5, 0.6) is 5.75 Å². The molecule has 0 bridgehead atoms. The molecule has 1 aliphatic heterocycles. The molecule has 2 rings (SSSR count). The highest BCUT2D eigenvalue weighted by atomic mass is 16.5. The van der Waals surface area contributed by atoms with Crippen molar-refractivity contribution in [1.29, 1.82) is 0 Å². The van der Waals surface area contributed by atoms with Crippen molar-refractivity contribution in [3.63, 3.8) is 0 Å². The minimum absolute atomic E-state index is 0.189. The monoisotopic (exact) mass is 360 g/mol. The maximum Gasteiger partial charge on any atom is 0.191 e. The summed E-state index contributed by atoms with van der Waals surface area (Å²) in [5, 5.41) is 6.98. The van der Waals surface area contributed by atoms with Gasteiger partial charge in [0.2, 0.25) is 0 Å². The average molecular weight is 361 g/mol. The molecule has 1 saturated heterocycles. The van der Waals surface area contributed by atoms with Gasteiger partial charge in [0.1, 0.15) is 5.75 Å². The zero-order valence-corrected chi connectivity index (χ0v) is 17.1. The number of aliphatic imine (C=N–C) groups is 1. The molecule has 2 N–H and O–H groups in total. The number of benzene rings is 1. The summed E-state index contributed by atoms with van der Waals surface area (Å²) in [4.78, 5) is 6.79. The van der Waals surface area contributed by atoms with Gasteiger partial charge in [0.15, 0.2) is 5.96 Å². The number of guanidine groups is 1. The quantitative estimate of drug-likeness (QED) is 0.579. The van der Waals surface area contributed by atoms with Gasteiger partial charge in [-0.15, -0.1) is 0 Å². The molecular formula is C21H36N4O. The van der Waals surface area contributed by atoms with Crippen molar-refractivity contribution in [2.24, 2.45) is 16.8 Å². The fraction of sp³-hybridized carbons (Fsp3) is 0.667. The largest absolute Gasteiger partial charge is 0.493 e. The topological polar surface area (TPSA) is 48.9 Å². The van der Waals surface area contributed by atoms with Crippen LogP contribution < -0.4 is 15.4 Å². The second kappa shape index (κ2) is 10.4. The number of ether oxygens (including phenoxy) is 1. The van der Waals surface area contributed by atoms with E-state index in [9.17, 15) is 0 Å². The summed E-state index contributed by atoms with van der Waals surface area (Å²) in [6, 6.07) is 8.52. The molecule has 1 aromatic rings. The van der Waals surface area contributed by atoms with Crippen LogP contribution in [0.15, 0.2) is 29.3 Å². The van der Waals surface area contributed by atoms with Crippen molar-refractivity contribution < 1.29 is 4.74 Å². The predicted molar refractivity (Wildman–Crippen MR) is 110 cm³/mol. The van der Waals surface area contributed by atoms with Gasteiger partial charge in [-0.3, -0.25) is 4.99 Å². The SMILES string of the molecule is CN=C(NCC1CCCN(C)C1)NC(C)c1ccc(OCC(C)C)cc1. The molecule has 1 fully saturated rings. The van der Waals surface area contributed by atoms with E-state index in [4.69, 9.17) is 4.74 Å². The van der Waals surface area contributed by atoms with Crippen LogP contribution in [0.2, 0.25) is 0 Å². The zero-order valence-electron chi connectivity index (χ0n) is 17.1. The van der Waals surface area contributed by atoms with Gasteiger partial charge in [-0.1, -0.05) is 26.0 Å². The lowest BCUT2D eigenvalue weighted by Crippen LogP contribution is -2.44. The molecule has 1 heterocycles. The average Bonchev–Trinajstić information content (AvgIpc) is 2.63. The summed E-state index contributed by atoms with van der Waals surface area (Å²) < 4.78 is 5.76. The van der Waals surface area contributed by atoms with Crippen molar-refractivity contribution in [1.82, 2.24) is 15.5 Å². The molecule has 2 atom stereocenters. The first kappa shape index (κ1) is 20.6. The number of nitrogens with zero attached hydrogens (tertiary/aromatic N) is 2. The Kier molecular flexibility index (Phi) is 8.23. The Morgan fingerprint density at radius 2 is 2.00 bits per heavy atom. The van der Waals surface area contributed by atoms with Crippen LogP contribution in [-0.2, 0) is 0 Å². The number of hydrogen-bond acceptors (Lipinski definition) is 3. The van der Waals surface area contributed by atoms with E-state index in [1.807, 2.05) is 19.2 Å². The summed E-state index contributed by atoms with van der Waals surface area (Å²) in [5.41, 5.74) is 1.22. The first-order valence-electron chi connectivity index (χ1n) is 9.86. The zero-order chi connectivity index (χ0) is 18.9. The molecule has 2 unspecified atom stereocenters. The van der Waals surface area contributed by atoms with Crippen LogP contribution in [0.4, 0.5) is 0 Å². The van der Waals surface area contributed by atoms with Crippen molar-refractivity contribution in [3.05, 3.63) is 29.8 Å². The van der Waals surface area contributed by atoms with Gasteiger partial charge in [-0.2, -0.15) is 0 Å². The molecule has 0 aliphatic carbocycles. The fourth-order valence-corrected chi connectivity index (χ4v) is 3.28. The van der Waals surface area contributed by atoms with E-state index >= 15 is 0 Å². The van der Waals surface area contributed by atoms with Crippen molar-refractivity contribution in [2.75, 3.05) is 40.3 Å². The minimum Gasteiger partial charge on any atom is -0.493 e. The summed E-state index contributed by atoms with van der Waals surface area (Å²) in [5.74, 6) is 3.03. The van der Waals surface area contributed by atoms with Gasteiger partial charge >= 0.3 is 0 Å². The third-order valence-corrected chi connectivity index (χ3v) is 4.82. The maximum atomic E-state index is 5.76. The summed E-state index contributed by atoms with van der Waals surface area (Å²) in [6.07, 6.45) is 2.58. The molecule has 0 radical (unpaired) electrons. The number of likely N-dealkylation sites (tertiary alicyclic amines) is 1. The van der Waals surface area contributed by atoms with E-state index in [0.29, 0.717) is 11.8 Å². The highest BCUT2D eigenvalue weighted by molar-refractivity contribution is 5.80. The fourth-order valence-electron chi connectivity index (χ4n) is 3.28. The van der Waals surface area contributed by atoms with Crippen LogP contribution in [-0.4, -0.2) is 51.2 Å². The highest BCUT2D eigenvalue weighted by Gasteiger charge is 2.17. The summed E-state index contributed by atoms with van der Waals surface area (Å²) in [7, 11) is 4.04. The van der Waals surface area contributed by atoms with Crippen LogP contribution in [0.25, 0.3) is 0 Å². The Balaban J connectivity index is 1.81. The van der Waals surface area contributed by atoms with Crippen molar-refractivity contribution >= 4 is 5.96 Å². The Morgan fingerprint density at radius 1 is 1.27 bits per heavy atom. The van der Waals surface area contributed by atoms with Crippen LogP contribution >= 0.6 is 0 Å². The third kappa shape index (κ3) is 6.87. The van der Waals surface area contributed by atoms with E-state index in [2.05, 4.69) is 60.5 Å². The molecule has 1 aromatic carbocycles. The molecule has 146 valence electrons. The van der Waals surface area contributed by atoms with Gasteiger partial charge < -0.3 is 20.3 Å². The molecule has 1 aliphatic rings. The Morgan fingerprint density at radius 3 is 2.62 bits per heavy atom. The lowest BCUT2D eigenvalue weighted by Gasteiger charge is -2.30. The molecule has 0 amide bonds. The molecule has 0 saturated carbocycles. The third-order valence-electron chi connectivity index (χ3n) is 4.82. The normalized spacial score (nSPS) is 20.1. The van der Waals surface area contributed by atoms with E-state index in [0.717, 1.165) is 31.4 Å². The lowest BCUT2D eigenvalue weighted by atomic mass is 9.98. The Labute approximate surface area is 159 Å². The van der Waals surface area contributed by atoms with E-state index < -0.39 is 0 Å². The number of nitrogens with one attached hydrogen (secondary N) is 2. The van der Waals surface area contributed by atoms with Crippen molar-refractivity contribution in [2.45, 2.75) is 39.7 Å². The first-order valence-corrected chi connectivity index (χ1v) is 9.86. The Hall–Kier alpha value is -1.75. The minimum atomic E-state index is 0.189. The van der Waals surface area contributed by atoms with Crippen LogP contribution in [0, 0.1) is 11.8 Å². The second-order valence-electron chi connectivity index (χ2n) is 7.86. The highest BCUT2D eigenvalue weighted by Crippen LogP contribution is 2.18. The van der Waals surface area contributed by atoms with E-state index in [1.54, 1.807) is 0 Å². The number of rotatable bonds is 7. The number of hydrogen-bond donors (Lipinski definition) is 2. The molecule has 0 spiro atoms. The molecule has 5 heteroatoms. The molecule has 26 heavy (non-hydrogen) atoms. The summed E-state index contributed by atoms with van der Waals surface area (Å²) >= 11 is 0. The molecular weight excluding hydrogens is 324 g/mol. The van der Waals surface area contributed by atoms with Crippen LogP contribution in [0.1, 0.15) is 45.2 Å². The smallest absolute Gasteiger partial charge is 0.191 e. The predicted octanol–water partition coefficient (Wildman–Crippen LogP) is 3.29.